The van der Waals surface area contributed by atoms with Crippen LogP contribution in [0, 0.1) is 19.8 Å². The van der Waals surface area contributed by atoms with Gasteiger partial charge in [0.25, 0.3) is 5.91 Å². The van der Waals surface area contributed by atoms with E-state index < -0.39 is 0 Å². The van der Waals surface area contributed by atoms with Crippen molar-refractivity contribution in [1.82, 2.24) is 15.1 Å². The van der Waals surface area contributed by atoms with Crippen LogP contribution in [0.3, 0.4) is 0 Å². The van der Waals surface area contributed by atoms with E-state index >= 15 is 0 Å². The highest BCUT2D eigenvalue weighted by atomic mass is 16.3. The second kappa shape index (κ2) is 7.20. The van der Waals surface area contributed by atoms with E-state index in [2.05, 4.69) is 30.3 Å². The third-order valence-corrected chi connectivity index (χ3v) is 4.67. The number of hydrogen-bond donors (Lipinski definition) is 1. The Hall–Kier alpha value is -2.82. The SMILES string of the molecule is Cc1ccc(C)c(-n2nc(-c3ccco3)cc2C(=O)N[C@H](C)C(C)C)c1. The van der Waals surface area contributed by atoms with Gasteiger partial charge in [0.15, 0.2) is 5.76 Å². The zero-order valence-corrected chi connectivity index (χ0v) is 15.9. The summed E-state index contributed by atoms with van der Waals surface area (Å²) in [6, 6.07) is 11.6. The van der Waals surface area contributed by atoms with Gasteiger partial charge in [-0.2, -0.15) is 5.10 Å². The lowest BCUT2D eigenvalue weighted by Crippen LogP contribution is -2.37. The molecule has 0 saturated heterocycles. The van der Waals surface area contributed by atoms with Crippen molar-refractivity contribution >= 4 is 5.91 Å². The van der Waals surface area contributed by atoms with Crippen LogP contribution in [0.4, 0.5) is 0 Å². The molecule has 3 aromatic rings. The summed E-state index contributed by atoms with van der Waals surface area (Å²) in [5.41, 5.74) is 4.19. The molecule has 0 fully saturated rings. The Balaban J connectivity index is 2.09. The molecule has 26 heavy (non-hydrogen) atoms. The molecule has 0 unspecified atom stereocenters. The number of carbonyl (C=O) groups is 1. The highest BCUT2D eigenvalue weighted by Gasteiger charge is 2.21. The second-order valence-corrected chi connectivity index (χ2v) is 7.10. The normalized spacial score (nSPS) is 12.4. The first kappa shape index (κ1) is 18.0. The fraction of sp³-hybridized carbons (Fsp3) is 0.333. The minimum Gasteiger partial charge on any atom is -0.463 e. The van der Waals surface area contributed by atoms with E-state index in [0.29, 0.717) is 23.1 Å². The molecule has 0 aliphatic rings. The first-order chi connectivity index (χ1) is 12.4. The zero-order valence-electron chi connectivity index (χ0n) is 15.9. The third kappa shape index (κ3) is 3.57. The Bertz CT molecular complexity index is 907. The summed E-state index contributed by atoms with van der Waals surface area (Å²) in [5, 5.41) is 7.73. The molecule has 0 bridgehead atoms. The molecule has 1 N–H and O–H groups in total. The Morgan fingerprint density at radius 2 is 1.92 bits per heavy atom. The van der Waals surface area contributed by atoms with Crippen LogP contribution in [0.5, 0.6) is 0 Å². The van der Waals surface area contributed by atoms with E-state index in [4.69, 9.17) is 4.42 Å². The molecular weight excluding hydrogens is 326 g/mol. The number of benzene rings is 1. The van der Waals surface area contributed by atoms with Gasteiger partial charge < -0.3 is 9.73 Å². The van der Waals surface area contributed by atoms with Crippen LogP contribution < -0.4 is 5.32 Å². The van der Waals surface area contributed by atoms with E-state index in [1.807, 2.05) is 45.0 Å². The molecule has 1 atom stereocenters. The molecule has 136 valence electrons. The van der Waals surface area contributed by atoms with Crippen LogP contribution in [0.1, 0.15) is 42.4 Å². The van der Waals surface area contributed by atoms with Gasteiger partial charge in [-0.15, -0.1) is 0 Å². The van der Waals surface area contributed by atoms with Gasteiger partial charge in [0, 0.05) is 12.1 Å². The van der Waals surface area contributed by atoms with Crippen LogP contribution in [-0.4, -0.2) is 21.7 Å². The zero-order chi connectivity index (χ0) is 18.8. The second-order valence-electron chi connectivity index (χ2n) is 7.10. The number of hydrogen-bond acceptors (Lipinski definition) is 3. The Kier molecular flexibility index (Phi) is 4.98. The molecule has 5 heteroatoms. The molecule has 2 aromatic heterocycles. The molecule has 3 rings (SSSR count). The summed E-state index contributed by atoms with van der Waals surface area (Å²) in [7, 11) is 0. The number of nitrogens with one attached hydrogen (secondary N) is 1. The van der Waals surface area contributed by atoms with Gasteiger partial charge in [0.1, 0.15) is 11.4 Å². The first-order valence-electron chi connectivity index (χ1n) is 8.89. The maximum Gasteiger partial charge on any atom is 0.270 e. The molecule has 0 saturated carbocycles. The lowest BCUT2D eigenvalue weighted by molar-refractivity contribution is 0.0922. The highest BCUT2D eigenvalue weighted by Crippen LogP contribution is 2.24. The van der Waals surface area contributed by atoms with Crippen LogP contribution in [-0.2, 0) is 0 Å². The quantitative estimate of drug-likeness (QED) is 0.735. The maximum atomic E-state index is 12.9. The summed E-state index contributed by atoms with van der Waals surface area (Å²) >= 11 is 0. The van der Waals surface area contributed by atoms with Crippen LogP contribution in [0.15, 0.2) is 47.1 Å². The van der Waals surface area contributed by atoms with E-state index in [0.717, 1.165) is 16.8 Å². The first-order valence-corrected chi connectivity index (χ1v) is 8.89. The third-order valence-electron chi connectivity index (χ3n) is 4.67. The minimum atomic E-state index is -0.141. The monoisotopic (exact) mass is 351 g/mol. The highest BCUT2D eigenvalue weighted by molar-refractivity contribution is 5.94. The number of nitrogens with zero attached hydrogens (tertiary/aromatic N) is 2. The van der Waals surface area contributed by atoms with Crippen molar-refractivity contribution in [2.24, 2.45) is 5.92 Å². The lowest BCUT2D eigenvalue weighted by atomic mass is 10.1. The number of rotatable bonds is 5. The molecule has 0 aliphatic carbocycles. The van der Waals surface area contributed by atoms with Gasteiger partial charge in [-0.3, -0.25) is 4.79 Å². The van der Waals surface area contributed by atoms with Crippen molar-refractivity contribution in [3.05, 3.63) is 59.5 Å². The van der Waals surface area contributed by atoms with Crippen LogP contribution in [0.2, 0.25) is 0 Å². The largest absolute Gasteiger partial charge is 0.463 e. The van der Waals surface area contributed by atoms with Gasteiger partial charge in [-0.1, -0.05) is 26.0 Å². The Labute approximate surface area is 154 Å². The average Bonchev–Trinajstić information content (AvgIpc) is 3.25. The minimum absolute atomic E-state index is 0.0662. The van der Waals surface area contributed by atoms with Gasteiger partial charge >= 0.3 is 0 Å². The smallest absolute Gasteiger partial charge is 0.270 e. The summed E-state index contributed by atoms with van der Waals surface area (Å²) in [6.07, 6.45) is 1.60. The van der Waals surface area contributed by atoms with E-state index in [9.17, 15) is 4.79 Å². The Morgan fingerprint density at radius 1 is 1.15 bits per heavy atom. The van der Waals surface area contributed by atoms with Crippen molar-refractivity contribution in [3.63, 3.8) is 0 Å². The average molecular weight is 351 g/mol. The number of amides is 1. The van der Waals surface area contributed by atoms with Crippen molar-refractivity contribution in [2.75, 3.05) is 0 Å². The standard InChI is InChI=1S/C21H25N3O2/c1-13(2)16(5)22-21(25)19-12-17(20-7-6-10-26-20)23-24(19)18-11-14(3)8-9-15(18)4/h6-13,16H,1-5H3,(H,22,25)/t16-/m1/s1. The van der Waals surface area contributed by atoms with Crippen LogP contribution >= 0.6 is 0 Å². The predicted molar refractivity (Wildman–Crippen MR) is 103 cm³/mol. The van der Waals surface area contributed by atoms with Gasteiger partial charge in [0.05, 0.1) is 12.0 Å². The van der Waals surface area contributed by atoms with Gasteiger partial charge in [-0.25, -0.2) is 4.68 Å². The fourth-order valence-corrected chi connectivity index (χ4v) is 2.67. The van der Waals surface area contributed by atoms with Gasteiger partial charge in [-0.05, 0) is 56.0 Å². The topological polar surface area (TPSA) is 60.1 Å². The lowest BCUT2D eigenvalue weighted by Gasteiger charge is -2.18. The number of carbonyl (C=O) groups excluding carboxylic acids is 1. The summed E-state index contributed by atoms with van der Waals surface area (Å²) < 4.78 is 7.18. The van der Waals surface area contributed by atoms with E-state index in [-0.39, 0.29) is 11.9 Å². The maximum absolute atomic E-state index is 12.9. The predicted octanol–water partition coefficient (Wildman–Crippen LogP) is 4.52. The molecule has 2 heterocycles. The summed E-state index contributed by atoms with van der Waals surface area (Å²) in [4.78, 5) is 12.9. The molecular formula is C21H25N3O2. The molecule has 0 radical (unpaired) electrons. The number of aryl methyl sites for hydroxylation is 2. The van der Waals surface area contributed by atoms with Crippen molar-refractivity contribution in [3.8, 4) is 17.1 Å². The van der Waals surface area contributed by atoms with Crippen molar-refractivity contribution < 1.29 is 9.21 Å². The Morgan fingerprint density at radius 3 is 2.58 bits per heavy atom. The van der Waals surface area contributed by atoms with Crippen molar-refractivity contribution in [2.45, 2.75) is 40.7 Å². The summed E-state index contributed by atoms with van der Waals surface area (Å²) in [6.45, 7) is 10.2. The molecule has 0 spiro atoms. The molecule has 1 amide bonds. The molecule has 0 aliphatic heterocycles. The van der Waals surface area contributed by atoms with E-state index in [1.165, 1.54) is 0 Å². The van der Waals surface area contributed by atoms with Crippen molar-refractivity contribution in [1.29, 1.82) is 0 Å². The fourth-order valence-electron chi connectivity index (χ4n) is 2.67. The van der Waals surface area contributed by atoms with E-state index in [1.54, 1.807) is 17.0 Å². The summed E-state index contributed by atoms with van der Waals surface area (Å²) in [5.74, 6) is 0.845. The number of aromatic nitrogens is 2. The number of furan rings is 1. The van der Waals surface area contributed by atoms with Gasteiger partial charge in [0.2, 0.25) is 0 Å². The molecule has 1 aromatic carbocycles. The molecule has 5 nitrogen and oxygen atoms in total. The van der Waals surface area contributed by atoms with Crippen LogP contribution in [0.25, 0.3) is 17.1 Å².